The monoisotopic (exact) mass is 229 g/mol. The van der Waals surface area contributed by atoms with Crippen molar-refractivity contribution >= 4 is 16.7 Å². The summed E-state index contributed by atoms with van der Waals surface area (Å²) in [5.74, 6) is 1.01. The number of rotatable bonds is 3. The number of amidine groups is 1. The molecule has 1 aliphatic rings. The molecule has 88 valence electrons. The van der Waals surface area contributed by atoms with Gasteiger partial charge in [-0.3, -0.25) is 0 Å². The number of nitrogens with zero attached hydrogens (tertiary/aromatic N) is 2. The van der Waals surface area contributed by atoms with E-state index >= 15 is 0 Å². The lowest BCUT2D eigenvalue weighted by Gasteiger charge is -2.04. The van der Waals surface area contributed by atoms with Crippen molar-refractivity contribution in [2.24, 2.45) is 16.8 Å². The van der Waals surface area contributed by atoms with Gasteiger partial charge in [0.15, 0.2) is 5.84 Å². The Morgan fingerprint density at radius 3 is 2.94 bits per heavy atom. The van der Waals surface area contributed by atoms with Crippen LogP contribution in [0.15, 0.2) is 35.6 Å². The standard InChI is InChI=1S/C13H15N3O/c14-13(15-17)11-3-4-12-10(7-11)5-6-16(12)8-9-1-2-9/h3-7,9,17H,1-2,8H2,(H2,14,15). The van der Waals surface area contributed by atoms with Gasteiger partial charge in [-0.05, 0) is 43.0 Å². The molecule has 3 rings (SSSR count). The Bertz CT molecular complexity index is 581. The molecule has 0 amide bonds. The van der Waals surface area contributed by atoms with Crippen LogP contribution in [-0.2, 0) is 6.54 Å². The highest BCUT2D eigenvalue weighted by Crippen LogP contribution is 2.32. The maximum atomic E-state index is 8.65. The summed E-state index contributed by atoms with van der Waals surface area (Å²) >= 11 is 0. The van der Waals surface area contributed by atoms with Gasteiger partial charge in [-0.25, -0.2) is 0 Å². The fourth-order valence-electron chi connectivity index (χ4n) is 2.16. The molecule has 1 aromatic heterocycles. The lowest BCUT2D eigenvalue weighted by atomic mass is 10.1. The van der Waals surface area contributed by atoms with E-state index in [1.807, 2.05) is 18.2 Å². The van der Waals surface area contributed by atoms with E-state index in [1.54, 1.807) is 0 Å². The molecule has 1 aromatic carbocycles. The molecule has 0 atom stereocenters. The topological polar surface area (TPSA) is 63.5 Å². The maximum Gasteiger partial charge on any atom is 0.170 e. The molecule has 0 saturated heterocycles. The maximum absolute atomic E-state index is 8.65. The zero-order valence-electron chi connectivity index (χ0n) is 9.50. The number of oxime groups is 1. The molecular weight excluding hydrogens is 214 g/mol. The van der Waals surface area contributed by atoms with Crippen LogP contribution in [0.5, 0.6) is 0 Å². The van der Waals surface area contributed by atoms with Gasteiger partial charge in [-0.15, -0.1) is 0 Å². The third-order valence-electron chi connectivity index (χ3n) is 3.33. The Labute approximate surface area is 99.3 Å². The summed E-state index contributed by atoms with van der Waals surface area (Å²) < 4.78 is 2.28. The quantitative estimate of drug-likeness (QED) is 0.366. The summed E-state index contributed by atoms with van der Waals surface area (Å²) in [6.45, 7) is 1.10. The number of hydrogen-bond donors (Lipinski definition) is 2. The van der Waals surface area contributed by atoms with E-state index in [0.29, 0.717) is 0 Å². The van der Waals surface area contributed by atoms with Crippen LogP contribution >= 0.6 is 0 Å². The highest BCUT2D eigenvalue weighted by Gasteiger charge is 2.22. The normalized spacial score (nSPS) is 16.6. The van der Waals surface area contributed by atoms with Crippen molar-refractivity contribution in [1.82, 2.24) is 4.57 Å². The van der Waals surface area contributed by atoms with Gasteiger partial charge in [0, 0.05) is 29.2 Å². The molecule has 4 nitrogen and oxygen atoms in total. The first kappa shape index (κ1) is 10.2. The first-order valence-corrected chi connectivity index (χ1v) is 5.85. The zero-order valence-corrected chi connectivity index (χ0v) is 9.50. The molecule has 0 unspecified atom stereocenters. The van der Waals surface area contributed by atoms with Crippen molar-refractivity contribution in [2.45, 2.75) is 19.4 Å². The van der Waals surface area contributed by atoms with E-state index in [4.69, 9.17) is 10.9 Å². The Morgan fingerprint density at radius 1 is 1.41 bits per heavy atom. The number of benzene rings is 1. The first-order chi connectivity index (χ1) is 8.28. The van der Waals surface area contributed by atoms with Crippen LogP contribution in [0, 0.1) is 5.92 Å². The Morgan fingerprint density at radius 2 is 2.24 bits per heavy atom. The van der Waals surface area contributed by atoms with Crippen LogP contribution in [0.4, 0.5) is 0 Å². The van der Waals surface area contributed by atoms with Crippen LogP contribution in [-0.4, -0.2) is 15.6 Å². The average molecular weight is 229 g/mol. The second-order valence-corrected chi connectivity index (χ2v) is 4.67. The van der Waals surface area contributed by atoms with Crippen molar-refractivity contribution in [2.75, 3.05) is 0 Å². The summed E-state index contributed by atoms with van der Waals surface area (Å²) in [6, 6.07) is 7.95. The summed E-state index contributed by atoms with van der Waals surface area (Å²) in [4.78, 5) is 0. The van der Waals surface area contributed by atoms with Crippen LogP contribution in [0.2, 0.25) is 0 Å². The summed E-state index contributed by atoms with van der Waals surface area (Å²) in [5.41, 5.74) is 7.54. The number of hydrogen-bond acceptors (Lipinski definition) is 2. The van der Waals surface area contributed by atoms with Gasteiger partial charge < -0.3 is 15.5 Å². The van der Waals surface area contributed by atoms with E-state index in [9.17, 15) is 0 Å². The van der Waals surface area contributed by atoms with E-state index in [2.05, 4.69) is 22.0 Å². The minimum Gasteiger partial charge on any atom is -0.409 e. The van der Waals surface area contributed by atoms with Crippen LogP contribution in [0.25, 0.3) is 10.9 Å². The van der Waals surface area contributed by atoms with Gasteiger partial charge in [-0.1, -0.05) is 5.16 Å². The van der Waals surface area contributed by atoms with Gasteiger partial charge in [0.05, 0.1) is 0 Å². The summed E-state index contributed by atoms with van der Waals surface area (Å²) in [6.07, 6.45) is 4.81. The highest BCUT2D eigenvalue weighted by molar-refractivity contribution is 6.00. The molecule has 0 aliphatic heterocycles. The van der Waals surface area contributed by atoms with Crippen LogP contribution in [0.3, 0.4) is 0 Å². The third-order valence-corrected chi connectivity index (χ3v) is 3.33. The predicted octanol–water partition coefficient (Wildman–Crippen LogP) is 2.15. The molecule has 1 fully saturated rings. The van der Waals surface area contributed by atoms with Gasteiger partial charge >= 0.3 is 0 Å². The van der Waals surface area contributed by atoms with Gasteiger partial charge in [0.25, 0.3) is 0 Å². The lowest BCUT2D eigenvalue weighted by Crippen LogP contribution is -2.12. The molecule has 0 bridgehead atoms. The molecule has 2 aromatic rings. The minimum absolute atomic E-state index is 0.154. The minimum atomic E-state index is 0.154. The highest BCUT2D eigenvalue weighted by atomic mass is 16.4. The molecule has 1 saturated carbocycles. The molecule has 0 radical (unpaired) electrons. The van der Waals surface area contributed by atoms with E-state index in [-0.39, 0.29) is 5.84 Å². The van der Waals surface area contributed by atoms with Crippen molar-refractivity contribution in [3.05, 3.63) is 36.0 Å². The molecular formula is C13H15N3O. The van der Waals surface area contributed by atoms with Crippen molar-refractivity contribution in [1.29, 1.82) is 0 Å². The average Bonchev–Trinajstić information content (AvgIpc) is 3.09. The Balaban J connectivity index is 2.00. The van der Waals surface area contributed by atoms with E-state index in [0.717, 1.165) is 23.4 Å². The Kier molecular flexibility index (Phi) is 2.28. The van der Waals surface area contributed by atoms with Crippen LogP contribution in [0.1, 0.15) is 18.4 Å². The Hall–Kier alpha value is -1.97. The predicted molar refractivity (Wildman–Crippen MR) is 67.2 cm³/mol. The molecule has 1 aliphatic carbocycles. The number of aromatic nitrogens is 1. The SMILES string of the molecule is N/C(=N/O)c1ccc2c(ccn2CC2CC2)c1. The summed E-state index contributed by atoms with van der Waals surface area (Å²) in [7, 11) is 0. The van der Waals surface area contributed by atoms with Gasteiger partial charge in [-0.2, -0.15) is 0 Å². The first-order valence-electron chi connectivity index (χ1n) is 5.85. The van der Waals surface area contributed by atoms with E-state index < -0.39 is 0 Å². The fourth-order valence-corrected chi connectivity index (χ4v) is 2.16. The molecule has 17 heavy (non-hydrogen) atoms. The van der Waals surface area contributed by atoms with Crippen molar-refractivity contribution < 1.29 is 5.21 Å². The zero-order chi connectivity index (χ0) is 11.8. The largest absolute Gasteiger partial charge is 0.409 e. The molecule has 0 spiro atoms. The van der Waals surface area contributed by atoms with E-state index in [1.165, 1.54) is 18.4 Å². The lowest BCUT2D eigenvalue weighted by molar-refractivity contribution is 0.318. The molecule has 1 heterocycles. The number of nitrogens with two attached hydrogens (primary N) is 1. The third kappa shape index (κ3) is 1.86. The summed E-state index contributed by atoms with van der Waals surface area (Å²) in [5, 5.41) is 12.8. The molecule has 4 heteroatoms. The van der Waals surface area contributed by atoms with Gasteiger partial charge in [0.1, 0.15) is 0 Å². The van der Waals surface area contributed by atoms with Gasteiger partial charge in [0.2, 0.25) is 0 Å². The second-order valence-electron chi connectivity index (χ2n) is 4.67. The second kappa shape index (κ2) is 3.80. The smallest absolute Gasteiger partial charge is 0.170 e. The van der Waals surface area contributed by atoms with Crippen molar-refractivity contribution in [3.8, 4) is 0 Å². The fraction of sp³-hybridized carbons (Fsp3) is 0.308. The van der Waals surface area contributed by atoms with Crippen LogP contribution < -0.4 is 5.73 Å². The molecule has 3 N–H and O–H groups in total. The van der Waals surface area contributed by atoms with Crippen molar-refractivity contribution in [3.63, 3.8) is 0 Å². The number of fused-ring (bicyclic) bond motifs is 1.